The second-order valence-electron chi connectivity index (χ2n) is 5.02. The van der Waals surface area contributed by atoms with Gasteiger partial charge in [0.2, 0.25) is 0 Å². The molecule has 0 unspecified atom stereocenters. The van der Waals surface area contributed by atoms with Gasteiger partial charge in [-0.25, -0.2) is 0 Å². The van der Waals surface area contributed by atoms with Crippen molar-refractivity contribution in [1.82, 2.24) is 0 Å². The zero-order valence-electron chi connectivity index (χ0n) is 12.9. The van der Waals surface area contributed by atoms with E-state index in [0.29, 0.717) is 11.6 Å². The van der Waals surface area contributed by atoms with Crippen LogP contribution < -0.4 is 4.74 Å². The van der Waals surface area contributed by atoms with Crippen LogP contribution in [0, 0.1) is 6.92 Å². The van der Waals surface area contributed by atoms with Gasteiger partial charge in [-0.1, -0.05) is 37.9 Å². The number of rotatable bonds is 8. The number of carboxylic acid groups (broad SMARTS) is 1. The van der Waals surface area contributed by atoms with Gasteiger partial charge in [-0.3, -0.25) is 4.79 Å². The summed E-state index contributed by atoms with van der Waals surface area (Å²) in [7, 11) is 0. The van der Waals surface area contributed by atoms with Crippen molar-refractivity contribution in [1.29, 1.82) is 0 Å². The highest BCUT2D eigenvalue weighted by molar-refractivity contribution is 6.31. The highest BCUT2D eigenvalue weighted by Gasteiger charge is 2.12. The van der Waals surface area contributed by atoms with E-state index in [1.165, 1.54) is 0 Å². The quantitative estimate of drug-likeness (QED) is 0.727. The van der Waals surface area contributed by atoms with Crippen LogP contribution in [-0.2, 0) is 4.79 Å². The predicted molar refractivity (Wildman–Crippen MR) is 87.1 cm³/mol. The summed E-state index contributed by atoms with van der Waals surface area (Å²) in [4.78, 5) is 10.8. The average molecular weight is 311 g/mol. The summed E-state index contributed by atoms with van der Waals surface area (Å²) >= 11 is 6.23. The van der Waals surface area contributed by atoms with E-state index in [2.05, 4.69) is 13.8 Å². The van der Waals surface area contributed by atoms with Crippen LogP contribution in [0.1, 0.15) is 50.7 Å². The summed E-state index contributed by atoms with van der Waals surface area (Å²) in [6, 6.07) is 3.81. The highest BCUT2D eigenvalue weighted by atomic mass is 35.5. The molecule has 4 heteroatoms. The van der Waals surface area contributed by atoms with Crippen molar-refractivity contribution < 1.29 is 14.6 Å². The molecule has 0 amide bonds. The lowest BCUT2D eigenvalue weighted by Gasteiger charge is -2.15. The average Bonchev–Trinajstić information content (AvgIpc) is 2.44. The Hall–Kier alpha value is -1.48. The summed E-state index contributed by atoms with van der Waals surface area (Å²) in [5, 5.41) is 9.56. The Morgan fingerprint density at radius 3 is 2.62 bits per heavy atom. The molecular formula is C17H23ClO3. The van der Waals surface area contributed by atoms with Gasteiger partial charge in [-0.05, 0) is 43.0 Å². The number of hydrogen-bond acceptors (Lipinski definition) is 2. The summed E-state index contributed by atoms with van der Waals surface area (Å²) in [6.45, 7) is 6.68. The summed E-state index contributed by atoms with van der Waals surface area (Å²) in [5.41, 5.74) is 2.84. The molecule has 0 atom stereocenters. The molecule has 0 aliphatic rings. The maximum atomic E-state index is 10.8. The topological polar surface area (TPSA) is 46.5 Å². The molecule has 0 saturated heterocycles. The van der Waals surface area contributed by atoms with Gasteiger partial charge in [0, 0.05) is 10.6 Å². The SMILES string of the molecule is CCCOc1cc(C)c(Cl)cc1/C(=C/CC(=O)O)CCC. The number of halogens is 1. The van der Waals surface area contributed by atoms with E-state index in [1.54, 1.807) is 6.08 Å². The lowest BCUT2D eigenvalue weighted by molar-refractivity contribution is -0.135. The Labute approximate surface area is 131 Å². The monoisotopic (exact) mass is 310 g/mol. The number of ether oxygens (including phenoxy) is 1. The Balaban J connectivity index is 3.23. The third kappa shape index (κ3) is 5.43. The Bertz CT molecular complexity index is 521. The minimum Gasteiger partial charge on any atom is -0.493 e. The lowest BCUT2D eigenvalue weighted by atomic mass is 9.98. The second kappa shape index (κ2) is 8.73. The predicted octanol–water partition coefficient (Wildman–Crippen LogP) is 5.10. The molecule has 1 N–H and O–H groups in total. The van der Waals surface area contributed by atoms with Crippen molar-refractivity contribution in [2.45, 2.75) is 46.5 Å². The molecular weight excluding hydrogens is 288 g/mol. The second-order valence-corrected chi connectivity index (χ2v) is 5.43. The van der Waals surface area contributed by atoms with Crippen LogP contribution >= 0.6 is 11.6 Å². The molecule has 0 bridgehead atoms. The van der Waals surface area contributed by atoms with Crippen molar-refractivity contribution in [3.8, 4) is 5.75 Å². The van der Waals surface area contributed by atoms with Gasteiger partial charge in [-0.15, -0.1) is 0 Å². The van der Waals surface area contributed by atoms with Crippen molar-refractivity contribution >= 4 is 23.1 Å². The van der Waals surface area contributed by atoms with Crippen LogP contribution in [0.4, 0.5) is 0 Å². The van der Waals surface area contributed by atoms with Crippen molar-refractivity contribution in [3.05, 3.63) is 34.4 Å². The zero-order valence-corrected chi connectivity index (χ0v) is 13.7. The molecule has 0 spiro atoms. The van der Waals surface area contributed by atoms with Crippen molar-refractivity contribution in [2.75, 3.05) is 6.61 Å². The van der Waals surface area contributed by atoms with Gasteiger partial charge in [0.05, 0.1) is 13.0 Å². The molecule has 21 heavy (non-hydrogen) atoms. The minimum atomic E-state index is -0.835. The molecule has 1 rings (SSSR count). The van der Waals surface area contributed by atoms with E-state index in [1.807, 2.05) is 19.1 Å². The van der Waals surface area contributed by atoms with Gasteiger partial charge in [0.15, 0.2) is 0 Å². The molecule has 0 radical (unpaired) electrons. The number of allylic oxidation sites excluding steroid dienone is 1. The largest absolute Gasteiger partial charge is 0.493 e. The Morgan fingerprint density at radius 2 is 2.05 bits per heavy atom. The minimum absolute atomic E-state index is 0.00798. The standard InChI is InChI=1S/C17H23ClO3/c1-4-6-13(7-8-17(19)20)14-11-15(18)12(3)10-16(14)21-9-5-2/h7,10-11H,4-6,8-9H2,1-3H3,(H,19,20)/b13-7+. The first-order valence-electron chi connectivity index (χ1n) is 7.33. The van der Waals surface area contributed by atoms with Crippen LogP contribution in [0.3, 0.4) is 0 Å². The lowest BCUT2D eigenvalue weighted by Crippen LogP contribution is -2.01. The third-order valence-electron chi connectivity index (χ3n) is 3.11. The molecule has 116 valence electrons. The third-order valence-corrected chi connectivity index (χ3v) is 3.52. The molecule has 1 aromatic carbocycles. The van der Waals surface area contributed by atoms with E-state index >= 15 is 0 Å². The fourth-order valence-electron chi connectivity index (χ4n) is 2.06. The maximum Gasteiger partial charge on any atom is 0.307 e. The van der Waals surface area contributed by atoms with Gasteiger partial charge >= 0.3 is 5.97 Å². The van der Waals surface area contributed by atoms with Gasteiger partial charge in [-0.2, -0.15) is 0 Å². The number of benzene rings is 1. The molecule has 1 aromatic rings. The number of aryl methyl sites for hydroxylation is 1. The highest BCUT2D eigenvalue weighted by Crippen LogP contribution is 2.34. The van der Waals surface area contributed by atoms with Gasteiger partial charge < -0.3 is 9.84 Å². The summed E-state index contributed by atoms with van der Waals surface area (Å²) in [5.74, 6) is -0.0540. The van der Waals surface area contributed by atoms with Gasteiger partial charge in [0.1, 0.15) is 5.75 Å². The number of aliphatic carboxylic acids is 1. The van der Waals surface area contributed by atoms with E-state index < -0.39 is 5.97 Å². The van der Waals surface area contributed by atoms with Crippen LogP contribution in [-0.4, -0.2) is 17.7 Å². The van der Waals surface area contributed by atoms with Crippen LogP contribution in [0.2, 0.25) is 5.02 Å². The van der Waals surface area contributed by atoms with Crippen molar-refractivity contribution in [2.24, 2.45) is 0 Å². The van der Waals surface area contributed by atoms with E-state index in [9.17, 15) is 4.79 Å². The summed E-state index contributed by atoms with van der Waals surface area (Å²) < 4.78 is 5.81. The van der Waals surface area contributed by atoms with E-state index in [4.69, 9.17) is 21.4 Å². The molecule has 0 fully saturated rings. The van der Waals surface area contributed by atoms with Crippen LogP contribution in [0.25, 0.3) is 5.57 Å². The Morgan fingerprint density at radius 1 is 1.33 bits per heavy atom. The summed E-state index contributed by atoms with van der Waals surface area (Å²) in [6.07, 6.45) is 4.42. The van der Waals surface area contributed by atoms with E-state index in [-0.39, 0.29) is 6.42 Å². The fraction of sp³-hybridized carbons (Fsp3) is 0.471. The molecule has 0 saturated carbocycles. The smallest absolute Gasteiger partial charge is 0.307 e. The normalized spacial score (nSPS) is 11.5. The first-order valence-corrected chi connectivity index (χ1v) is 7.71. The first-order chi connectivity index (χ1) is 9.99. The number of carbonyl (C=O) groups is 1. The molecule has 3 nitrogen and oxygen atoms in total. The fourth-order valence-corrected chi connectivity index (χ4v) is 2.23. The molecule has 0 aliphatic carbocycles. The molecule has 0 aliphatic heterocycles. The molecule has 0 heterocycles. The molecule has 0 aromatic heterocycles. The van der Waals surface area contributed by atoms with Crippen LogP contribution in [0.5, 0.6) is 5.75 Å². The first kappa shape index (κ1) is 17.6. The van der Waals surface area contributed by atoms with E-state index in [0.717, 1.165) is 41.7 Å². The van der Waals surface area contributed by atoms with Gasteiger partial charge in [0.25, 0.3) is 0 Å². The number of hydrogen-bond donors (Lipinski definition) is 1. The zero-order chi connectivity index (χ0) is 15.8. The maximum absolute atomic E-state index is 10.8. The van der Waals surface area contributed by atoms with Crippen molar-refractivity contribution in [3.63, 3.8) is 0 Å². The number of carboxylic acids is 1. The van der Waals surface area contributed by atoms with Crippen LogP contribution in [0.15, 0.2) is 18.2 Å². The Kier molecular flexibility index (Phi) is 7.30.